The van der Waals surface area contributed by atoms with Crippen LogP contribution in [-0.4, -0.2) is 16.5 Å². The lowest BCUT2D eigenvalue weighted by molar-refractivity contribution is -0.137. The van der Waals surface area contributed by atoms with E-state index in [1.807, 2.05) is 31.2 Å². The normalized spacial score (nSPS) is 13.6. The first-order valence-electron chi connectivity index (χ1n) is 8.55. The number of alkyl halides is 3. The second-order valence-electron chi connectivity index (χ2n) is 6.43. The van der Waals surface area contributed by atoms with Gasteiger partial charge in [-0.25, -0.2) is 4.98 Å². The van der Waals surface area contributed by atoms with Crippen molar-refractivity contribution in [3.63, 3.8) is 0 Å². The highest BCUT2D eigenvalue weighted by molar-refractivity contribution is 5.68. The Morgan fingerprint density at radius 3 is 2.63 bits per heavy atom. The first-order valence-corrected chi connectivity index (χ1v) is 8.55. The first kappa shape index (κ1) is 17.3. The molecule has 1 aliphatic rings. The van der Waals surface area contributed by atoms with Crippen LogP contribution < -0.4 is 10.2 Å². The van der Waals surface area contributed by atoms with Crippen LogP contribution in [0.5, 0.6) is 0 Å². The number of halogens is 3. The monoisotopic (exact) mass is 370 g/mol. The quantitative estimate of drug-likeness (QED) is 0.684. The molecule has 0 spiro atoms. The van der Waals surface area contributed by atoms with Crippen molar-refractivity contribution < 1.29 is 13.2 Å². The highest BCUT2D eigenvalue weighted by Gasteiger charge is 2.30. The molecule has 4 nitrogen and oxygen atoms in total. The standard InChI is InChI=1S/C20H17F3N4/c1-13-11-18(27-10-9-14-5-2-3-8-17(14)27)26-19(24-13)25-16-7-4-6-15(12-16)20(21,22)23/h2-8,11-12H,9-10H2,1H3,(H,24,25,26). The Kier molecular flexibility index (Phi) is 4.22. The summed E-state index contributed by atoms with van der Waals surface area (Å²) in [6.07, 6.45) is -3.47. The Morgan fingerprint density at radius 1 is 1.00 bits per heavy atom. The number of aromatic nitrogens is 2. The van der Waals surface area contributed by atoms with Gasteiger partial charge in [-0.2, -0.15) is 18.2 Å². The summed E-state index contributed by atoms with van der Waals surface area (Å²) in [5, 5.41) is 2.90. The zero-order chi connectivity index (χ0) is 19.0. The van der Waals surface area contributed by atoms with E-state index in [1.165, 1.54) is 11.6 Å². The van der Waals surface area contributed by atoms with Gasteiger partial charge in [0.25, 0.3) is 0 Å². The Bertz CT molecular complexity index is 985. The smallest absolute Gasteiger partial charge is 0.326 e. The van der Waals surface area contributed by atoms with Crippen molar-refractivity contribution in [2.24, 2.45) is 0 Å². The predicted molar refractivity (Wildman–Crippen MR) is 98.6 cm³/mol. The molecule has 1 aromatic heterocycles. The van der Waals surface area contributed by atoms with Gasteiger partial charge in [0, 0.05) is 29.7 Å². The fourth-order valence-corrected chi connectivity index (χ4v) is 3.22. The van der Waals surface area contributed by atoms with Crippen molar-refractivity contribution >= 4 is 23.1 Å². The second-order valence-corrected chi connectivity index (χ2v) is 6.43. The van der Waals surface area contributed by atoms with Crippen LogP contribution in [0.2, 0.25) is 0 Å². The van der Waals surface area contributed by atoms with Crippen molar-refractivity contribution in [3.8, 4) is 0 Å². The SMILES string of the molecule is Cc1cc(N2CCc3ccccc32)nc(Nc2cccc(C(F)(F)F)c2)n1. The van der Waals surface area contributed by atoms with E-state index >= 15 is 0 Å². The molecule has 4 rings (SSSR count). The summed E-state index contributed by atoms with van der Waals surface area (Å²) >= 11 is 0. The third-order valence-corrected chi connectivity index (χ3v) is 4.45. The summed E-state index contributed by atoms with van der Waals surface area (Å²) in [6, 6.07) is 15.0. The fraction of sp³-hybridized carbons (Fsp3) is 0.200. The third kappa shape index (κ3) is 3.58. The van der Waals surface area contributed by atoms with Crippen LogP contribution in [0.15, 0.2) is 54.6 Å². The van der Waals surface area contributed by atoms with E-state index in [0.29, 0.717) is 5.69 Å². The molecule has 0 atom stereocenters. The van der Waals surface area contributed by atoms with Crippen molar-refractivity contribution in [1.82, 2.24) is 9.97 Å². The molecule has 138 valence electrons. The molecule has 2 heterocycles. The number of benzene rings is 2. The number of para-hydroxylation sites is 1. The van der Waals surface area contributed by atoms with Gasteiger partial charge in [-0.05, 0) is 43.2 Å². The molecular formula is C20H17F3N4. The van der Waals surface area contributed by atoms with Crippen LogP contribution in [0.25, 0.3) is 0 Å². The van der Waals surface area contributed by atoms with Gasteiger partial charge in [0.2, 0.25) is 5.95 Å². The van der Waals surface area contributed by atoms with Crippen LogP contribution in [-0.2, 0) is 12.6 Å². The Hall–Kier alpha value is -3.09. The number of aryl methyl sites for hydroxylation is 1. The minimum absolute atomic E-state index is 0.272. The first-order chi connectivity index (χ1) is 12.9. The molecule has 2 aromatic carbocycles. The molecule has 0 radical (unpaired) electrons. The zero-order valence-corrected chi connectivity index (χ0v) is 14.6. The summed E-state index contributed by atoms with van der Waals surface area (Å²) in [4.78, 5) is 10.9. The summed E-state index contributed by atoms with van der Waals surface area (Å²) in [5.41, 5.74) is 2.66. The van der Waals surface area contributed by atoms with Crippen molar-refractivity contribution in [2.75, 3.05) is 16.8 Å². The Labute approximate surface area is 154 Å². The number of nitrogens with zero attached hydrogens (tertiary/aromatic N) is 3. The summed E-state index contributed by atoms with van der Waals surface area (Å²) in [6.45, 7) is 2.64. The van der Waals surface area contributed by atoms with Crippen LogP contribution in [0.1, 0.15) is 16.8 Å². The Morgan fingerprint density at radius 2 is 1.81 bits per heavy atom. The maximum Gasteiger partial charge on any atom is 0.416 e. The fourth-order valence-electron chi connectivity index (χ4n) is 3.22. The number of nitrogens with one attached hydrogen (secondary N) is 1. The highest BCUT2D eigenvalue weighted by Crippen LogP contribution is 2.34. The minimum atomic E-state index is -4.39. The van der Waals surface area contributed by atoms with Gasteiger partial charge in [0.1, 0.15) is 5.82 Å². The van der Waals surface area contributed by atoms with Crippen LogP contribution in [0.4, 0.5) is 36.3 Å². The lowest BCUT2D eigenvalue weighted by Gasteiger charge is -2.19. The van der Waals surface area contributed by atoms with Crippen LogP contribution in [0.3, 0.4) is 0 Å². The number of fused-ring (bicyclic) bond motifs is 1. The highest BCUT2D eigenvalue weighted by atomic mass is 19.4. The van der Waals surface area contributed by atoms with E-state index in [4.69, 9.17) is 0 Å². The number of anilines is 4. The largest absolute Gasteiger partial charge is 0.416 e. The van der Waals surface area contributed by atoms with Crippen molar-refractivity contribution in [1.29, 1.82) is 0 Å². The van der Waals surface area contributed by atoms with E-state index in [0.717, 1.165) is 42.3 Å². The van der Waals surface area contributed by atoms with Crippen molar-refractivity contribution in [2.45, 2.75) is 19.5 Å². The predicted octanol–water partition coefficient (Wildman–Crippen LogP) is 5.24. The molecule has 0 saturated carbocycles. The van der Waals surface area contributed by atoms with Gasteiger partial charge >= 0.3 is 6.18 Å². The maximum absolute atomic E-state index is 12.9. The van der Waals surface area contributed by atoms with E-state index in [2.05, 4.69) is 26.3 Å². The van der Waals surface area contributed by atoms with Gasteiger partial charge in [-0.3, -0.25) is 0 Å². The molecule has 0 bridgehead atoms. The van der Waals surface area contributed by atoms with Crippen LogP contribution >= 0.6 is 0 Å². The van der Waals surface area contributed by atoms with Gasteiger partial charge in [0.05, 0.1) is 5.56 Å². The van der Waals surface area contributed by atoms with Gasteiger partial charge in [-0.15, -0.1) is 0 Å². The van der Waals surface area contributed by atoms with E-state index in [9.17, 15) is 13.2 Å². The molecular weight excluding hydrogens is 353 g/mol. The Balaban J connectivity index is 1.65. The minimum Gasteiger partial charge on any atom is -0.326 e. The van der Waals surface area contributed by atoms with E-state index < -0.39 is 11.7 Å². The van der Waals surface area contributed by atoms with Crippen LogP contribution in [0, 0.1) is 6.92 Å². The number of rotatable bonds is 3. The maximum atomic E-state index is 12.9. The molecule has 0 saturated heterocycles. The molecule has 1 aliphatic heterocycles. The molecule has 0 unspecified atom stereocenters. The van der Waals surface area contributed by atoms with Crippen molar-refractivity contribution in [3.05, 3.63) is 71.4 Å². The molecule has 0 fully saturated rings. The molecule has 7 heteroatoms. The topological polar surface area (TPSA) is 41.1 Å². The molecule has 0 amide bonds. The molecule has 3 aromatic rings. The average molecular weight is 370 g/mol. The van der Waals surface area contributed by atoms with Gasteiger partial charge < -0.3 is 10.2 Å². The van der Waals surface area contributed by atoms with E-state index in [1.54, 1.807) is 6.07 Å². The average Bonchev–Trinajstić information content (AvgIpc) is 3.05. The summed E-state index contributed by atoms with van der Waals surface area (Å²) in [5.74, 6) is 0.996. The zero-order valence-electron chi connectivity index (χ0n) is 14.6. The summed E-state index contributed by atoms with van der Waals surface area (Å²) < 4.78 is 38.7. The van der Waals surface area contributed by atoms with Gasteiger partial charge in [0.15, 0.2) is 0 Å². The third-order valence-electron chi connectivity index (χ3n) is 4.45. The lowest BCUT2D eigenvalue weighted by atomic mass is 10.2. The number of hydrogen-bond donors (Lipinski definition) is 1. The number of hydrogen-bond acceptors (Lipinski definition) is 4. The summed E-state index contributed by atoms with van der Waals surface area (Å²) in [7, 11) is 0. The molecule has 1 N–H and O–H groups in total. The lowest BCUT2D eigenvalue weighted by Crippen LogP contribution is -2.16. The van der Waals surface area contributed by atoms with E-state index in [-0.39, 0.29) is 5.95 Å². The second kappa shape index (κ2) is 6.57. The molecule has 0 aliphatic carbocycles. The van der Waals surface area contributed by atoms with Gasteiger partial charge in [-0.1, -0.05) is 24.3 Å². The molecule has 27 heavy (non-hydrogen) atoms.